The van der Waals surface area contributed by atoms with Gasteiger partial charge in [-0.1, -0.05) is 12.1 Å². The van der Waals surface area contributed by atoms with Gasteiger partial charge in [0.2, 0.25) is 5.91 Å². The Hall–Kier alpha value is -2.85. The molecule has 1 fully saturated rings. The van der Waals surface area contributed by atoms with Gasteiger partial charge in [0, 0.05) is 50.5 Å². The zero-order chi connectivity index (χ0) is 23.6. The molecule has 0 bridgehead atoms. The van der Waals surface area contributed by atoms with E-state index in [-0.39, 0.29) is 5.91 Å². The monoisotopic (exact) mass is 450 g/mol. The van der Waals surface area contributed by atoms with Crippen molar-refractivity contribution in [2.45, 2.75) is 59.4 Å². The minimum absolute atomic E-state index is 0.102. The molecule has 0 aliphatic carbocycles. The molecule has 0 unspecified atom stereocenters. The lowest BCUT2D eigenvalue weighted by atomic mass is 10.1. The SMILES string of the molecule is Cc1cccc(N2CCN(CCCCNC(=O)CCc3c(C)nn(CCC#N)c3C)CC2)c1. The highest BCUT2D eigenvalue weighted by atomic mass is 16.1. The lowest BCUT2D eigenvalue weighted by Gasteiger charge is -2.36. The molecule has 1 saturated heterocycles. The Morgan fingerprint density at radius 3 is 2.64 bits per heavy atom. The second kappa shape index (κ2) is 12.4. The number of carbonyl (C=O) groups is 1. The molecule has 178 valence electrons. The van der Waals surface area contributed by atoms with Gasteiger partial charge in [-0.05, 0) is 69.8 Å². The number of nitrogens with zero attached hydrogens (tertiary/aromatic N) is 5. The number of anilines is 1. The van der Waals surface area contributed by atoms with E-state index in [9.17, 15) is 4.79 Å². The number of unbranched alkanes of at least 4 members (excludes halogenated alkanes) is 1. The molecule has 0 spiro atoms. The number of aryl methyl sites for hydroxylation is 3. The number of hydrogen-bond acceptors (Lipinski definition) is 5. The van der Waals surface area contributed by atoms with Crippen molar-refractivity contribution in [3.8, 4) is 6.07 Å². The largest absolute Gasteiger partial charge is 0.369 e. The van der Waals surface area contributed by atoms with Crippen molar-refractivity contribution in [2.24, 2.45) is 0 Å². The molecule has 0 radical (unpaired) electrons. The van der Waals surface area contributed by atoms with Crippen LogP contribution in [0.3, 0.4) is 0 Å². The van der Waals surface area contributed by atoms with E-state index >= 15 is 0 Å². The van der Waals surface area contributed by atoms with E-state index in [1.807, 2.05) is 18.5 Å². The summed E-state index contributed by atoms with van der Waals surface area (Å²) < 4.78 is 1.88. The topological polar surface area (TPSA) is 77.2 Å². The predicted octanol–water partition coefficient (Wildman–Crippen LogP) is 3.37. The van der Waals surface area contributed by atoms with Crippen LogP contribution in [0.25, 0.3) is 0 Å². The molecular weight excluding hydrogens is 412 g/mol. The van der Waals surface area contributed by atoms with E-state index in [0.717, 1.165) is 69.1 Å². The van der Waals surface area contributed by atoms with Crippen LogP contribution in [0.5, 0.6) is 0 Å². The number of nitrogens with one attached hydrogen (secondary N) is 1. The van der Waals surface area contributed by atoms with E-state index in [4.69, 9.17) is 5.26 Å². The molecule has 7 nitrogen and oxygen atoms in total. The Bertz CT molecular complexity index is 952. The van der Waals surface area contributed by atoms with E-state index in [1.54, 1.807) is 0 Å². The zero-order valence-electron chi connectivity index (χ0n) is 20.4. The molecule has 0 saturated carbocycles. The van der Waals surface area contributed by atoms with Gasteiger partial charge in [-0.3, -0.25) is 14.4 Å². The fourth-order valence-corrected chi connectivity index (χ4v) is 4.54. The minimum Gasteiger partial charge on any atom is -0.369 e. The first kappa shape index (κ1) is 24.8. The molecule has 1 amide bonds. The Morgan fingerprint density at radius 1 is 1.12 bits per heavy atom. The summed E-state index contributed by atoms with van der Waals surface area (Å²) in [7, 11) is 0. The molecule has 1 aliphatic rings. The van der Waals surface area contributed by atoms with Crippen LogP contribution in [-0.4, -0.2) is 59.9 Å². The second-order valence-electron chi connectivity index (χ2n) is 9.01. The zero-order valence-corrected chi connectivity index (χ0v) is 20.4. The molecule has 2 aromatic rings. The number of piperazine rings is 1. The van der Waals surface area contributed by atoms with Gasteiger partial charge in [0.15, 0.2) is 0 Å². The molecule has 1 aliphatic heterocycles. The molecule has 2 heterocycles. The van der Waals surface area contributed by atoms with Crippen LogP contribution in [0.15, 0.2) is 24.3 Å². The van der Waals surface area contributed by atoms with Crippen LogP contribution in [0, 0.1) is 32.1 Å². The number of nitriles is 1. The molecule has 1 aromatic carbocycles. The summed E-state index contributed by atoms with van der Waals surface area (Å²) in [6, 6.07) is 10.9. The Labute approximate surface area is 198 Å². The average molecular weight is 451 g/mol. The summed E-state index contributed by atoms with van der Waals surface area (Å²) in [5, 5.41) is 16.4. The summed E-state index contributed by atoms with van der Waals surface area (Å²) >= 11 is 0. The van der Waals surface area contributed by atoms with Gasteiger partial charge in [0.25, 0.3) is 0 Å². The first-order valence-electron chi connectivity index (χ1n) is 12.2. The number of carbonyl (C=O) groups excluding carboxylic acids is 1. The van der Waals surface area contributed by atoms with Crippen molar-refractivity contribution in [1.29, 1.82) is 5.26 Å². The van der Waals surface area contributed by atoms with Crippen LogP contribution in [-0.2, 0) is 17.8 Å². The molecule has 1 aromatic heterocycles. The smallest absolute Gasteiger partial charge is 0.220 e. The second-order valence-corrected chi connectivity index (χ2v) is 9.01. The Kier molecular flexibility index (Phi) is 9.32. The van der Waals surface area contributed by atoms with Crippen molar-refractivity contribution < 1.29 is 4.79 Å². The van der Waals surface area contributed by atoms with Crippen LogP contribution in [0.2, 0.25) is 0 Å². The maximum absolute atomic E-state index is 12.3. The number of benzene rings is 1. The molecule has 3 rings (SSSR count). The molecule has 33 heavy (non-hydrogen) atoms. The molecular formula is C26H38N6O. The van der Waals surface area contributed by atoms with Gasteiger partial charge in [0.05, 0.1) is 24.7 Å². The van der Waals surface area contributed by atoms with Crippen LogP contribution in [0.4, 0.5) is 5.69 Å². The Balaban J connectivity index is 1.28. The fraction of sp³-hybridized carbons (Fsp3) is 0.577. The average Bonchev–Trinajstić information content (AvgIpc) is 3.08. The highest BCUT2D eigenvalue weighted by molar-refractivity contribution is 5.76. The van der Waals surface area contributed by atoms with Gasteiger partial charge in [-0.15, -0.1) is 0 Å². The van der Waals surface area contributed by atoms with E-state index < -0.39 is 0 Å². The standard InChI is InChI=1S/C26H38N6O/c1-21-8-6-9-24(20-21)31-18-16-30(17-19-31)14-5-4-13-28-26(33)11-10-25-22(2)29-32(23(25)3)15-7-12-27/h6,8-9,20H,4-5,7,10-11,13-19H2,1-3H3,(H,28,33). The third kappa shape index (κ3) is 7.33. The number of hydrogen-bond donors (Lipinski definition) is 1. The van der Waals surface area contributed by atoms with E-state index in [2.05, 4.69) is 57.5 Å². The van der Waals surface area contributed by atoms with E-state index in [0.29, 0.717) is 25.8 Å². The maximum Gasteiger partial charge on any atom is 0.220 e. The Morgan fingerprint density at radius 2 is 1.91 bits per heavy atom. The third-order valence-electron chi connectivity index (χ3n) is 6.53. The number of aromatic nitrogens is 2. The lowest BCUT2D eigenvalue weighted by molar-refractivity contribution is -0.121. The number of amides is 1. The quantitative estimate of drug-likeness (QED) is 0.531. The molecule has 1 N–H and O–H groups in total. The van der Waals surface area contributed by atoms with Crippen LogP contribution >= 0.6 is 0 Å². The summed E-state index contributed by atoms with van der Waals surface area (Å²) in [6.45, 7) is 12.9. The summed E-state index contributed by atoms with van der Waals surface area (Å²) in [6.07, 6.45) is 3.74. The van der Waals surface area contributed by atoms with Crippen molar-refractivity contribution in [1.82, 2.24) is 20.0 Å². The minimum atomic E-state index is 0.102. The fourth-order valence-electron chi connectivity index (χ4n) is 4.54. The van der Waals surface area contributed by atoms with Gasteiger partial charge >= 0.3 is 0 Å². The van der Waals surface area contributed by atoms with Crippen molar-refractivity contribution in [3.63, 3.8) is 0 Å². The summed E-state index contributed by atoms with van der Waals surface area (Å²) in [5.41, 5.74) is 5.80. The molecule has 7 heteroatoms. The van der Waals surface area contributed by atoms with Gasteiger partial charge in [-0.2, -0.15) is 10.4 Å². The van der Waals surface area contributed by atoms with Crippen LogP contribution in [0.1, 0.15) is 48.2 Å². The summed E-state index contributed by atoms with van der Waals surface area (Å²) in [4.78, 5) is 17.3. The molecule has 0 atom stereocenters. The van der Waals surface area contributed by atoms with Gasteiger partial charge in [0.1, 0.15) is 0 Å². The number of rotatable bonds is 11. The van der Waals surface area contributed by atoms with Gasteiger partial charge < -0.3 is 10.2 Å². The third-order valence-corrected chi connectivity index (χ3v) is 6.53. The van der Waals surface area contributed by atoms with E-state index in [1.165, 1.54) is 11.3 Å². The lowest BCUT2D eigenvalue weighted by Crippen LogP contribution is -2.46. The van der Waals surface area contributed by atoms with Crippen LogP contribution < -0.4 is 10.2 Å². The van der Waals surface area contributed by atoms with Crippen molar-refractivity contribution in [2.75, 3.05) is 44.2 Å². The van der Waals surface area contributed by atoms with Crippen molar-refractivity contribution in [3.05, 3.63) is 46.8 Å². The van der Waals surface area contributed by atoms with Gasteiger partial charge in [-0.25, -0.2) is 0 Å². The normalized spacial score (nSPS) is 14.3. The highest BCUT2D eigenvalue weighted by Crippen LogP contribution is 2.18. The highest BCUT2D eigenvalue weighted by Gasteiger charge is 2.17. The first-order chi connectivity index (χ1) is 16.0. The van der Waals surface area contributed by atoms with Crippen molar-refractivity contribution >= 4 is 11.6 Å². The summed E-state index contributed by atoms with van der Waals surface area (Å²) in [5.74, 6) is 0.102. The maximum atomic E-state index is 12.3. The predicted molar refractivity (Wildman–Crippen MR) is 132 cm³/mol. The first-order valence-corrected chi connectivity index (χ1v) is 12.2.